The number of carbonyl (C=O) groups excluding carboxylic acids is 2. The van der Waals surface area contributed by atoms with Gasteiger partial charge in [0.25, 0.3) is 0 Å². The van der Waals surface area contributed by atoms with Gasteiger partial charge in [0.05, 0.1) is 25.9 Å². The van der Waals surface area contributed by atoms with Crippen molar-refractivity contribution in [1.29, 1.82) is 0 Å². The minimum atomic E-state index is -4.89. The molecule has 14 nitrogen and oxygen atoms in total. The summed E-state index contributed by atoms with van der Waals surface area (Å²) in [4.78, 5) is 52.7. The van der Waals surface area contributed by atoms with Crippen molar-refractivity contribution in [3.63, 3.8) is 0 Å². The van der Waals surface area contributed by atoms with E-state index in [4.69, 9.17) is 23.8 Å². The average molecular weight is 889 g/mol. The van der Waals surface area contributed by atoms with Crippen LogP contribution in [0.5, 0.6) is 0 Å². The third-order valence-electron chi connectivity index (χ3n) is 8.36. The number of phosphoric acid groups is 2. The number of phosphoric ester groups is 2. The summed E-state index contributed by atoms with van der Waals surface area (Å²) in [6.45, 7) is 1.36. The molecule has 4 atom stereocenters. The SMILES string of the molecule is CC/C=C\C/C=C\C/C=C\CCCCCCCC(=O)O[C@H](COC(=O)CCC[C@H](O)/C=C/C=C\C/C=C\C/C=C\CCCCC)COP(=O)(O)OC[C@@H](O)COP(=O)(O)O. The van der Waals surface area contributed by atoms with Crippen LogP contribution in [0.15, 0.2) is 85.1 Å². The maximum Gasteiger partial charge on any atom is 0.472 e. The molecule has 0 saturated carbocycles. The fourth-order valence-electron chi connectivity index (χ4n) is 5.11. The minimum Gasteiger partial charge on any atom is -0.462 e. The van der Waals surface area contributed by atoms with E-state index in [0.29, 0.717) is 19.3 Å². The number of carbonyl (C=O) groups is 2. The van der Waals surface area contributed by atoms with Crippen molar-refractivity contribution in [2.45, 2.75) is 154 Å². The van der Waals surface area contributed by atoms with Gasteiger partial charge >= 0.3 is 27.6 Å². The van der Waals surface area contributed by atoms with Crippen LogP contribution in [0.3, 0.4) is 0 Å². The maximum absolute atomic E-state index is 12.7. The van der Waals surface area contributed by atoms with Crippen molar-refractivity contribution in [2.24, 2.45) is 0 Å². The van der Waals surface area contributed by atoms with Crippen LogP contribution in [0.4, 0.5) is 0 Å². The van der Waals surface area contributed by atoms with Crippen LogP contribution >= 0.6 is 15.6 Å². The molecular weight excluding hydrogens is 814 g/mol. The number of ether oxygens (including phenoxy) is 2. The largest absolute Gasteiger partial charge is 0.472 e. The van der Waals surface area contributed by atoms with E-state index < -0.39 is 72.3 Å². The molecule has 0 rings (SSSR count). The highest BCUT2D eigenvalue weighted by atomic mass is 31.2. The molecule has 0 aliphatic carbocycles. The van der Waals surface area contributed by atoms with Crippen molar-refractivity contribution >= 4 is 27.6 Å². The Hall–Kier alpha value is -2.74. The average Bonchev–Trinajstić information content (AvgIpc) is 3.20. The molecule has 1 unspecified atom stereocenters. The van der Waals surface area contributed by atoms with E-state index in [1.54, 1.807) is 12.2 Å². The van der Waals surface area contributed by atoms with Crippen molar-refractivity contribution in [3.8, 4) is 0 Å². The van der Waals surface area contributed by atoms with Crippen LogP contribution in [0, 0.1) is 0 Å². The lowest BCUT2D eigenvalue weighted by atomic mass is 10.1. The Morgan fingerprint density at radius 3 is 1.73 bits per heavy atom. The summed E-state index contributed by atoms with van der Waals surface area (Å²) in [6.07, 6.45) is 40.4. The first kappa shape index (κ1) is 57.3. The van der Waals surface area contributed by atoms with Crippen LogP contribution in [0.1, 0.15) is 136 Å². The first-order valence-corrected chi connectivity index (χ1v) is 24.4. The van der Waals surface area contributed by atoms with Gasteiger partial charge in [-0.3, -0.25) is 23.2 Å². The predicted octanol–water partition coefficient (Wildman–Crippen LogP) is 9.75. The quantitative estimate of drug-likeness (QED) is 0.0128. The molecule has 0 heterocycles. The van der Waals surface area contributed by atoms with Crippen LogP contribution in [-0.4, -0.2) is 81.6 Å². The molecule has 0 aromatic heterocycles. The molecule has 0 aromatic carbocycles. The van der Waals surface area contributed by atoms with Gasteiger partial charge in [0, 0.05) is 12.8 Å². The Labute approximate surface area is 359 Å². The van der Waals surface area contributed by atoms with Crippen molar-refractivity contribution in [3.05, 3.63) is 85.1 Å². The smallest absolute Gasteiger partial charge is 0.462 e. The molecule has 16 heteroatoms. The van der Waals surface area contributed by atoms with Gasteiger partial charge in [0.1, 0.15) is 12.7 Å². The number of rotatable bonds is 39. The van der Waals surface area contributed by atoms with Gasteiger partial charge in [-0.2, -0.15) is 0 Å². The van der Waals surface area contributed by atoms with E-state index >= 15 is 0 Å². The summed E-state index contributed by atoms with van der Waals surface area (Å²) in [7, 11) is -9.75. The van der Waals surface area contributed by atoms with Gasteiger partial charge in [0.2, 0.25) is 0 Å². The monoisotopic (exact) mass is 888 g/mol. The summed E-state index contributed by atoms with van der Waals surface area (Å²) in [5.41, 5.74) is 0. The Morgan fingerprint density at radius 2 is 1.10 bits per heavy atom. The second-order valence-electron chi connectivity index (χ2n) is 14.1. The molecule has 0 fully saturated rings. The van der Waals surface area contributed by atoms with E-state index in [1.165, 1.54) is 19.3 Å². The van der Waals surface area contributed by atoms with Crippen molar-refractivity contribution < 1.29 is 66.7 Å². The van der Waals surface area contributed by atoms with Crippen LogP contribution in [0.2, 0.25) is 0 Å². The maximum atomic E-state index is 12.7. The van der Waals surface area contributed by atoms with Gasteiger partial charge < -0.3 is 34.4 Å². The second kappa shape index (κ2) is 39.1. The van der Waals surface area contributed by atoms with Crippen LogP contribution in [-0.2, 0) is 41.8 Å². The number of esters is 2. The van der Waals surface area contributed by atoms with Gasteiger partial charge in [-0.05, 0) is 77.0 Å². The molecular formula is C44H74O14P2. The topological polar surface area (TPSA) is 216 Å². The summed E-state index contributed by atoms with van der Waals surface area (Å²) in [5.74, 6) is -1.26. The van der Waals surface area contributed by atoms with E-state index in [0.717, 1.165) is 70.6 Å². The molecule has 60 heavy (non-hydrogen) atoms. The lowest BCUT2D eigenvalue weighted by Gasteiger charge is -2.20. The first-order chi connectivity index (χ1) is 28.8. The number of aliphatic hydroxyl groups excluding tert-OH is 2. The molecule has 5 N–H and O–H groups in total. The zero-order chi connectivity index (χ0) is 44.6. The Kier molecular flexibility index (Phi) is 37.3. The zero-order valence-electron chi connectivity index (χ0n) is 35.9. The van der Waals surface area contributed by atoms with E-state index in [2.05, 4.69) is 83.7 Å². The van der Waals surface area contributed by atoms with Crippen LogP contribution < -0.4 is 0 Å². The van der Waals surface area contributed by atoms with E-state index in [-0.39, 0.29) is 12.8 Å². The molecule has 0 aliphatic heterocycles. The van der Waals surface area contributed by atoms with Gasteiger partial charge in [-0.25, -0.2) is 9.13 Å². The van der Waals surface area contributed by atoms with Crippen LogP contribution in [0.25, 0.3) is 0 Å². The molecule has 0 amide bonds. The highest BCUT2D eigenvalue weighted by molar-refractivity contribution is 7.47. The molecule has 0 aliphatic rings. The van der Waals surface area contributed by atoms with E-state index in [1.807, 2.05) is 12.2 Å². The van der Waals surface area contributed by atoms with E-state index in [9.17, 15) is 33.8 Å². The summed E-state index contributed by atoms with van der Waals surface area (Å²) >= 11 is 0. The molecule has 0 bridgehead atoms. The molecule has 344 valence electrons. The third-order valence-corrected chi connectivity index (χ3v) is 9.80. The summed E-state index contributed by atoms with van der Waals surface area (Å²) < 4.78 is 47.6. The highest BCUT2D eigenvalue weighted by Gasteiger charge is 2.28. The normalized spacial score (nSPS) is 15.4. The van der Waals surface area contributed by atoms with Gasteiger partial charge in [-0.1, -0.05) is 131 Å². The first-order valence-electron chi connectivity index (χ1n) is 21.4. The number of hydrogen-bond acceptors (Lipinski definition) is 11. The Bertz CT molecular complexity index is 1400. The highest BCUT2D eigenvalue weighted by Crippen LogP contribution is 2.43. The fraction of sp³-hybridized carbons (Fsp3) is 0.636. The number of hydrogen-bond donors (Lipinski definition) is 5. The molecule has 0 saturated heterocycles. The zero-order valence-corrected chi connectivity index (χ0v) is 37.7. The predicted molar refractivity (Wildman–Crippen MR) is 236 cm³/mol. The Balaban J connectivity index is 4.76. The Morgan fingerprint density at radius 1 is 0.567 bits per heavy atom. The third kappa shape index (κ3) is 42.0. The number of unbranched alkanes of at least 4 members (excludes halogenated alkanes) is 8. The minimum absolute atomic E-state index is 0.0416. The molecule has 0 spiro atoms. The number of aliphatic hydroxyl groups is 2. The lowest BCUT2D eigenvalue weighted by Crippen LogP contribution is -2.30. The van der Waals surface area contributed by atoms with Gasteiger partial charge in [0.15, 0.2) is 6.10 Å². The molecule has 0 aromatic rings. The number of allylic oxidation sites excluding steroid dienone is 13. The van der Waals surface area contributed by atoms with Crippen molar-refractivity contribution in [1.82, 2.24) is 0 Å². The molecule has 0 radical (unpaired) electrons. The summed E-state index contributed by atoms with van der Waals surface area (Å²) in [5, 5.41) is 20.0. The fourth-order valence-corrected chi connectivity index (χ4v) is 6.27. The van der Waals surface area contributed by atoms with Gasteiger partial charge in [-0.15, -0.1) is 0 Å². The van der Waals surface area contributed by atoms with Crippen molar-refractivity contribution in [2.75, 3.05) is 26.4 Å². The summed E-state index contributed by atoms with van der Waals surface area (Å²) in [6, 6.07) is 0. The standard InChI is InChI=1S/C44H74O14P2/c1-3-5-7-9-11-13-15-17-18-20-22-24-26-28-30-34-44(48)58-42(39-57-60(52,53)56-37-41(46)36-55-59(49,50)51)38-54-43(47)35-31-33-40(45)32-29-27-25-23-21-19-16-14-12-10-8-6-4-2/h5,7,11-14,17-19,21,25,27,29,32,40-42,45-46H,3-4,6,8-10,15-16,20,22-24,26,28,30-31,33-39H2,1-2H3,(H,52,53)(H2,49,50,51)/b7-5-,13-11-,14-12-,18-17-,21-19-,27-25-,32-29+/t40-,41+,42-/m1/s1. The second-order valence-corrected chi connectivity index (χ2v) is 16.8. The lowest BCUT2D eigenvalue weighted by molar-refractivity contribution is -0.161.